The predicted molar refractivity (Wildman–Crippen MR) is 111 cm³/mol. The molecule has 1 fully saturated rings. The Hall–Kier alpha value is -2.71. The normalized spacial score (nSPS) is 14.9. The standard InChI is InChI=1S/C21H23FN4O2S/c22-18-10-8-17(9-11-18)20-16-26(15-14-25-12-4-5-13-25)23-21(20)24-29(27,28)19-6-2-1-3-7-19/h1-3,6-11,16H,4-5,12-15H2,(H,23,24). The highest BCUT2D eigenvalue weighted by atomic mass is 32.2. The Morgan fingerprint density at radius 1 is 0.966 bits per heavy atom. The molecule has 1 saturated heterocycles. The third kappa shape index (κ3) is 4.65. The fourth-order valence-corrected chi connectivity index (χ4v) is 4.53. The Kier molecular flexibility index (Phi) is 5.64. The van der Waals surface area contributed by atoms with Crippen LogP contribution < -0.4 is 4.72 Å². The molecule has 4 rings (SSSR count). The van der Waals surface area contributed by atoms with Gasteiger partial charge in [0, 0.05) is 18.3 Å². The number of rotatable bonds is 7. The van der Waals surface area contributed by atoms with E-state index < -0.39 is 10.0 Å². The molecule has 0 unspecified atom stereocenters. The van der Waals surface area contributed by atoms with Crippen molar-refractivity contribution in [3.05, 3.63) is 66.6 Å². The van der Waals surface area contributed by atoms with Crippen molar-refractivity contribution in [3.8, 4) is 11.1 Å². The van der Waals surface area contributed by atoms with Gasteiger partial charge in [-0.25, -0.2) is 12.8 Å². The number of aromatic nitrogens is 2. The molecule has 152 valence electrons. The molecular formula is C21H23FN4O2S. The Morgan fingerprint density at radius 3 is 2.34 bits per heavy atom. The largest absolute Gasteiger partial charge is 0.301 e. The molecule has 29 heavy (non-hydrogen) atoms. The summed E-state index contributed by atoms with van der Waals surface area (Å²) in [5.41, 5.74) is 1.32. The summed E-state index contributed by atoms with van der Waals surface area (Å²) in [6, 6.07) is 14.1. The van der Waals surface area contributed by atoms with Crippen molar-refractivity contribution >= 4 is 15.8 Å². The molecule has 1 aliphatic rings. The van der Waals surface area contributed by atoms with Crippen molar-refractivity contribution in [1.29, 1.82) is 0 Å². The van der Waals surface area contributed by atoms with Crippen molar-refractivity contribution < 1.29 is 12.8 Å². The molecule has 0 saturated carbocycles. The van der Waals surface area contributed by atoms with Gasteiger partial charge in [-0.15, -0.1) is 0 Å². The van der Waals surface area contributed by atoms with Crippen LogP contribution in [0.5, 0.6) is 0 Å². The molecule has 6 nitrogen and oxygen atoms in total. The molecule has 0 radical (unpaired) electrons. The van der Waals surface area contributed by atoms with Crippen LogP contribution in [0.2, 0.25) is 0 Å². The van der Waals surface area contributed by atoms with Crippen molar-refractivity contribution in [2.45, 2.75) is 24.3 Å². The van der Waals surface area contributed by atoms with Crippen molar-refractivity contribution in [1.82, 2.24) is 14.7 Å². The summed E-state index contributed by atoms with van der Waals surface area (Å²) in [6.07, 6.45) is 4.23. The second-order valence-electron chi connectivity index (χ2n) is 7.13. The minimum atomic E-state index is -3.78. The maximum absolute atomic E-state index is 13.4. The van der Waals surface area contributed by atoms with Gasteiger partial charge in [-0.2, -0.15) is 5.10 Å². The maximum Gasteiger partial charge on any atom is 0.263 e. The number of halogens is 1. The second-order valence-corrected chi connectivity index (χ2v) is 8.81. The number of sulfonamides is 1. The topological polar surface area (TPSA) is 67.2 Å². The lowest BCUT2D eigenvalue weighted by Gasteiger charge is -2.13. The summed E-state index contributed by atoms with van der Waals surface area (Å²) in [5.74, 6) is -0.108. The van der Waals surface area contributed by atoms with Crippen LogP contribution in [0.15, 0.2) is 65.7 Å². The van der Waals surface area contributed by atoms with E-state index in [2.05, 4.69) is 14.7 Å². The fourth-order valence-electron chi connectivity index (χ4n) is 3.49. The van der Waals surface area contributed by atoms with E-state index in [9.17, 15) is 12.8 Å². The average molecular weight is 415 g/mol. The van der Waals surface area contributed by atoms with Gasteiger partial charge in [-0.1, -0.05) is 30.3 Å². The third-order valence-corrected chi connectivity index (χ3v) is 6.40. The van der Waals surface area contributed by atoms with Crippen LogP contribution in [0.4, 0.5) is 10.2 Å². The molecule has 0 aliphatic carbocycles. The van der Waals surface area contributed by atoms with Crippen LogP contribution in [0.25, 0.3) is 11.1 Å². The van der Waals surface area contributed by atoms with Crippen molar-refractivity contribution in [3.63, 3.8) is 0 Å². The summed E-state index contributed by atoms with van der Waals surface area (Å²) in [6.45, 7) is 3.68. The lowest BCUT2D eigenvalue weighted by Crippen LogP contribution is -2.24. The zero-order valence-corrected chi connectivity index (χ0v) is 16.8. The highest BCUT2D eigenvalue weighted by Crippen LogP contribution is 2.29. The summed E-state index contributed by atoms with van der Waals surface area (Å²) < 4.78 is 43.3. The molecule has 1 aromatic heterocycles. The van der Waals surface area contributed by atoms with E-state index in [1.54, 1.807) is 35.0 Å². The highest BCUT2D eigenvalue weighted by molar-refractivity contribution is 7.92. The van der Waals surface area contributed by atoms with E-state index in [4.69, 9.17) is 0 Å². The number of nitrogens with zero attached hydrogens (tertiary/aromatic N) is 3. The first kappa shape index (κ1) is 19.6. The quantitative estimate of drug-likeness (QED) is 0.642. The Morgan fingerprint density at radius 2 is 1.66 bits per heavy atom. The smallest absolute Gasteiger partial charge is 0.263 e. The molecule has 1 aliphatic heterocycles. The van der Waals surface area contributed by atoms with Crippen molar-refractivity contribution in [2.75, 3.05) is 24.4 Å². The van der Waals surface area contributed by atoms with Gasteiger partial charge in [0.2, 0.25) is 0 Å². The average Bonchev–Trinajstić information content (AvgIpc) is 3.37. The number of benzene rings is 2. The summed E-state index contributed by atoms with van der Waals surface area (Å²) >= 11 is 0. The summed E-state index contributed by atoms with van der Waals surface area (Å²) in [4.78, 5) is 2.53. The molecule has 0 atom stereocenters. The molecule has 2 aromatic carbocycles. The zero-order valence-electron chi connectivity index (χ0n) is 16.0. The number of anilines is 1. The van der Waals surface area contributed by atoms with Gasteiger partial charge >= 0.3 is 0 Å². The number of hydrogen-bond acceptors (Lipinski definition) is 4. The molecule has 2 heterocycles. The Bertz CT molecular complexity index is 1060. The lowest BCUT2D eigenvalue weighted by molar-refractivity contribution is 0.316. The van der Waals surface area contributed by atoms with E-state index in [0.29, 0.717) is 17.7 Å². The van der Waals surface area contributed by atoms with Crippen LogP contribution in [0.1, 0.15) is 12.8 Å². The Balaban J connectivity index is 1.63. The van der Waals surface area contributed by atoms with Gasteiger partial charge in [0.05, 0.1) is 11.4 Å². The number of nitrogens with one attached hydrogen (secondary N) is 1. The number of likely N-dealkylation sites (tertiary alicyclic amines) is 1. The van der Waals surface area contributed by atoms with Crippen LogP contribution in [0.3, 0.4) is 0 Å². The monoisotopic (exact) mass is 414 g/mol. The number of hydrogen-bond donors (Lipinski definition) is 1. The molecule has 0 spiro atoms. The molecule has 1 N–H and O–H groups in total. The first-order valence-electron chi connectivity index (χ1n) is 9.65. The third-order valence-electron chi connectivity index (χ3n) is 5.05. The molecule has 3 aromatic rings. The minimum absolute atomic E-state index is 0.164. The van der Waals surface area contributed by atoms with Gasteiger partial charge < -0.3 is 4.90 Å². The molecule has 8 heteroatoms. The van der Waals surface area contributed by atoms with Gasteiger partial charge in [0.25, 0.3) is 10.0 Å². The minimum Gasteiger partial charge on any atom is -0.301 e. The SMILES string of the molecule is O=S(=O)(Nc1nn(CCN2CCCC2)cc1-c1ccc(F)cc1)c1ccccc1. The van der Waals surface area contributed by atoms with Crippen LogP contribution in [-0.4, -0.2) is 42.7 Å². The van der Waals surface area contributed by atoms with Crippen LogP contribution >= 0.6 is 0 Å². The van der Waals surface area contributed by atoms with E-state index in [1.807, 2.05) is 6.20 Å². The van der Waals surface area contributed by atoms with Gasteiger partial charge in [-0.3, -0.25) is 9.40 Å². The molecular weight excluding hydrogens is 391 g/mol. The van der Waals surface area contributed by atoms with E-state index in [0.717, 1.165) is 19.6 Å². The van der Waals surface area contributed by atoms with Crippen molar-refractivity contribution in [2.24, 2.45) is 0 Å². The zero-order chi connectivity index (χ0) is 20.3. The van der Waals surface area contributed by atoms with Crippen LogP contribution in [-0.2, 0) is 16.6 Å². The van der Waals surface area contributed by atoms with Gasteiger partial charge in [0.1, 0.15) is 5.82 Å². The summed E-state index contributed by atoms with van der Waals surface area (Å²) in [7, 11) is -3.78. The van der Waals surface area contributed by atoms with Gasteiger partial charge in [0.15, 0.2) is 5.82 Å². The molecule has 0 amide bonds. The first-order chi connectivity index (χ1) is 14.0. The predicted octanol–water partition coefficient (Wildman–Crippen LogP) is 3.59. The maximum atomic E-state index is 13.4. The highest BCUT2D eigenvalue weighted by Gasteiger charge is 2.20. The van der Waals surface area contributed by atoms with E-state index >= 15 is 0 Å². The summed E-state index contributed by atoms with van der Waals surface area (Å²) in [5, 5.41) is 4.49. The lowest BCUT2D eigenvalue weighted by atomic mass is 10.1. The van der Waals surface area contributed by atoms with E-state index in [1.165, 1.54) is 37.1 Å². The first-order valence-corrected chi connectivity index (χ1v) is 11.1. The van der Waals surface area contributed by atoms with E-state index in [-0.39, 0.29) is 16.5 Å². The Labute approximate surface area is 170 Å². The molecule has 0 bridgehead atoms. The second kappa shape index (κ2) is 8.34. The van der Waals surface area contributed by atoms with Gasteiger partial charge in [-0.05, 0) is 55.8 Å². The fraction of sp³-hybridized carbons (Fsp3) is 0.286. The van der Waals surface area contributed by atoms with Crippen LogP contribution in [0, 0.1) is 5.82 Å².